The van der Waals surface area contributed by atoms with Crippen LogP contribution in [0.1, 0.15) is 27.9 Å². The zero-order valence-electron chi connectivity index (χ0n) is 12.7. The number of carbonyl (C=O) groups is 3. The van der Waals surface area contributed by atoms with E-state index < -0.39 is 0 Å². The molecule has 0 aromatic heterocycles. The summed E-state index contributed by atoms with van der Waals surface area (Å²) in [6.45, 7) is 4.95. The first-order valence-electron chi connectivity index (χ1n) is 7.32. The van der Waals surface area contributed by atoms with E-state index in [0.717, 1.165) is 22.9 Å². The zero-order valence-corrected chi connectivity index (χ0v) is 13.5. The lowest BCUT2D eigenvalue weighted by atomic mass is 10.1. The van der Waals surface area contributed by atoms with Gasteiger partial charge in [-0.3, -0.25) is 19.3 Å². The molecule has 3 rings (SSSR count). The van der Waals surface area contributed by atoms with E-state index in [2.05, 4.69) is 0 Å². The maximum absolute atomic E-state index is 12.6. The molecule has 1 atom stereocenters. The third-order valence-corrected chi connectivity index (χ3v) is 4.90. The molecule has 2 aliphatic rings. The minimum Gasteiger partial charge on any atom is -0.336 e. The lowest BCUT2D eigenvalue weighted by Crippen LogP contribution is -2.41. The second-order valence-corrected chi connectivity index (χ2v) is 6.81. The minimum absolute atomic E-state index is 0.0268. The number of imide groups is 1. The van der Waals surface area contributed by atoms with E-state index in [-0.39, 0.29) is 28.8 Å². The normalized spacial score (nSPS) is 21.8. The van der Waals surface area contributed by atoms with Gasteiger partial charge in [0.05, 0.1) is 11.8 Å². The highest BCUT2D eigenvalue weighted by Gasteiger charge is 2.40. The van der Waals surface area contributed by atoms with Crippen molar-refractivity contribution in [2.24, 2.45) is 0 Å². The van der Waals surface area contributed by atoms with Crippen LogP contribution in [0.15, 0.2) is 18.2 Å². The predicted octanol–water partition coefficient (Wildman–Crippen LogP) is 2.21. The van der Waals surface area contributed by atoms with Crippen molar-refractivity contribution in [1.82, 2.24) is 9.80 Å². The third-order valence-electron chi connectivity index (χ3n) is 4.07. The van der Waals surface area contributed by atoms with Gasteiger partial charge in [0.2, 0.25) is 5.91 Å². The summed E-state index contributed by atoms with van der Waals surface area (Å²) < 4.78 is 0. The molecule has 0 bridgehead atoms. The molecule has 2 heterocycles. The summed E-state index contributed by atoms with van der Waals surface area (Å²) in [6, 6.07) is 5.61. The molecule has 2 saturated heterocycles. The van der Waals surface area contributed by atoms with E-state index in [1.807, 2.05) is 32.0 Å². The predicted molar refractivity (Wildman–Crippen MR) is 84.9 cm³/mol. The summed E-state index contributed by atoms with van der Waals surface area (Å²) in [7, 11) is 0. The number of carbonyl (C=O) groups excluding carboxylic acids is 3. The average molecular weight is 318 g/mol. The highest BCUT2D eigenvalue weighted by molar-refractivity contribution is 8.14. The molecule has 6 heteroatoms. The first-order chi connectivity index (χ1) is 10.5. The van der Waals surface area contributed by atoms with Gasteiger partial charge >= 0.3 is 0 Å². The molecule has 1 unspecified atom stereocenters. The third kappa shape index (κ3) is 2.75. The van der Waals surface area contributed by atoms with Crippen LogP contribution in [0.4, 0.5) is 4.79 Å². The Morgan fingerprint density at radius 2 is 1.86 bits per heavy atom. The molecule has 1 aromatic carbocycles. The number of hydrogen-bond acceptors (Lipinski definition) is 4. The largest absolute Gasteiger partial charge is 0.336 e. The fraction of sp³-hybridized carbons (Fsp3) is 0.438. The Balaban J connectivity index is 1.73. The first-order valence-corrected chi connectivity index (χ1v) is 8.30. The van der Waals surface area contributed by atoms with Gasteiger partial charge in [-0.05, 0) is 32.4 Å². The molecule has 5 nitrogen and oxygen atoms in total. The van der Waals surface area contributed by atoms with Crippen LogP contribution in [0.2, 0.25) is 0 Å². The lowest BCUT2D eigenvalue weighted by Gasteiger charge is -2.22. The number of rotatable bonds is 2. The zero-order chi connectivity index (χ0) is 15.9. The van der Waals surface area contributed by atoms with Gasteiger partial charge in [-0.2, -0.15) is 0 Å². The number of thioether (sulfide) groups is 1. The fourth-order valence-corrected chi connectivity index (χ4v) is 3.91. The van der Waals surface area contributed by atoms with Gasteiger partial charge in [0, 0.05) is 18.7 Å². The molecule has 0 aliphatic carbocycles. The number of nitrogens with zero attached hydrogens (tertiary/aromatic N) is 2. The molecule has 1 aromatic rings. The van der Waals surface area contributed by atoms with Crippen molar-refractivity contribution in [2.45, 2.75) is 26.3 Å². The average Bonchev–Trinajstić information content (AvgIpc) is 3.04. The Kier molecular flexibility index (Phi) is 3.95. The molecule has 3 amide bonds. The number of hydrogen-bond donors (Lipinski definition) is 0. The number of benzene rings is 1. The maximum atomic E-state index is 12.6. The van der Waals surface area contributed by atoms with Crippen LogP contribution in [0, 0.1) is 13.8 Å². The second-order valence-electron chi connectivity index (χ2n) is 5.89. The number of likely N-dealkylation sites (tertiary alicyclic amines) is 1. The van der Waals surface area contributed by atoms with Crippen LogP contribution < -0.4 is 0 Å². The summed E-state index contributed by atoms with van der Waals surface area (Å²) in [6.07, 6.45) is 0.661. The Hall–Kier alpha value is -1.82. The van der Waals surface area contributed by atoms with Crippen molar-refractivity contribution in [3.05, 3.63) is 34.9 Å². The highest BCUT2D eigenvalue weighted by atomic mass is 32.2. The molecule has 2 fully saturated rings. The molecule has 2 aliphatic heterocycles. The van der Waals surface area contributed by atoms with Crippen LogP contribution >= 0.6 is 11.8 Å². The number of aryl methyl sites for hydroxylation is 2. The summed E-state index contributed by atoms with van der Waals surface area (Å²) in [5, 5.41) is -0.185. The Bertz CT molecular complexity index is 623. The summed E-state index contributed by atoms with van der Waals surface area (Å²) in [4.78, 5) is 39.2. The quantitative estimate of drug-likeness (QED) is 0.839. The Morgan fingerprint density at radius 3 is 2.45 bits per heavy atom. The molecule has 0 radical (unpaired) electrons. The number of amides is 3. The van der Waals surface area contributed by atoms with Crippen LogP contribution in [0.3, 0.4) is 0 Å². The summed E-state index contributed by atoms with van der Waals surface area (Å²) in [5.41, 5.74) is 2.78. The molecular weight excluding hydrogens is 300 g/mol. The van der Waals surface area contributed by atoms with Crippen LogP contribution in [-0.2, 0) is 4.79 Å². The van der Waals surface area contributed by atoms with Crippen molar-refractivity contribution >= 4 is 28.8 Å². The smallest absolute Gasteiger partial charge is 0.289 e. The van der Waals surface area contributed by atoms with Gasteiger partial charge in [-0.15, -0.1) is 0 Å². The summed E-state index contributed by atoms with van der Waals surface area (Å²) in [5.74, 6) is 0.0575. The van der Waals surface area contributed by atoms with Crippen molar-refractivity contribution in [1.29, 1.82) is 0 Å². The van der Waals surface area contributed by atoms with Crippen LogP contribution in [-0.4, -0.2) is 51.7 Å². The first kappa shape index (κ1) is 15.1. The van der Waals surface area contributed by atoms with E-state index in [1.54, 1.807) is 4.90 Å². The maximum Gasteiger partial charge on any atom is 0.289 e. The minimum atomic E-state index is -0.185. The fourth-order valence-electron chi connectivity index (χ4n) is 3.13. The highest BCUT2D eigenvalue weighted by Crippen LogP contribution is 2.27. The van der Waals surface area contributed by atoms with Gasteiger partial charge in [-0.25, -0.2) is 0 Å². The topological polar surface area (TPSA) is 57.7 Å². The second kappa shape index (κ2) is 5.76. The van der Waals surface area contributed by atoms with Gasteiger partial charge in [-0.1, -0.05) is 29.0 Å². The monoisotopic (exact) mass is 318 g/mol. The van der Waals surface area contributed by atoms with Crippen molar-refractivity contribution < 1.29 is 14.4 Å². The Labute approximate surface area is 133 Å². The Morgan fingerprint density at radius 1 is 1.18 bits per heavy atom. The van der Waals surface area contributed by atoms with Gasteiger partial charge < -0.3 is 4.90 Å². The molecule has 0 N–H and O–H groups in total. The van der Waals surface area contributed by atoms with Gasteiger partial charge in [0.15, 0.2) is 0 Å². The van der Waals surface area contributed by atoms with E-state index in [1.165, 1.54) is 4.90 Å². The van der Waals surface area contributed by atoms with E-state index in [9.17, 15) is 14.4 Å². The van der Waals surface area contributed by atoms with Crippen LogP contribution in [0.5, 0.6) is 0 Å². The van der Waals surface area contributed by atoms with Crippen LogP contribution in [0.25, 0.3) is 0 Å². The van der Waals surface area contributed by atoms with Crippen molar-refractivity contribution in [2.75, 3.05) is 18.8 Å². The van der Waals surface area contributed by atoms with Gasteiger partial charge in [0.25, 0.3) is 11.1 Å². The van der Waals surface area contributed by atoms with Gasteiger partial charge in [0.1, 0.15) is 0 Å². The SMILES string of the molecule is Cc1cc(C)cc(C(=O)N2CCC(N3C(=O)CSC3=O)C2)c1. The molecule has 0 spiro atoms. The van der Waals surface area contributed by atoms with Crippen molar-refractivity contribution in [3.63, 3.8) is 0 Å². The van der Waals surface area contributed by atoms with E-state index in [0.29, 0.717) is 25.1 Å². The summed E-state index contributed by atoms with van der Waals surface area (Å²) >= 11 is 1.04. The standard InChI is InChI=1S/C16H18N2O3S/c1-10-5-11(2)7-12(6-10)15(20)17-4-3-13(8-17)18-14(19)9-22-16(18)21/h5-7,13H,3-4,8-9H2,1-2H3. The molecular formula is C16H18N2O3S. The lowest BCUT2D eigenvalue weighted by molar-refractivity contribution is -0.126. The van der Waals surface area contributed by atoms with E-state index >= 15 is 0 Å². The van der Waals surface area contributed by atoms with E-state index in [4.69, 9.17) is 0 Å². The molecule has 0 saturated carbocycles. The molecule has 116 valence electrons. The van der Waals surface area contributed by atoms with Crippen molar-refractivity contribution in [3.8, 4) is 0 Å². The molecule has 22 heavy (non-hydrogen) atoms.